The maximum atomic E-state index is 13.3. The summed E-state index contributed by atoms with van der Waals surface area (Å²) < 4.78 is 13.3. The second-order valence-electron chi connectivity index (χ2n) is 6.46. The van der Waals surface area contributed by atoms with Crippen molar-refractivity contribution in [2.75, 3.05) is 49.5 Å². The molecule has 2 aromatic heterocycles. The molecule has 0 bridgehead atoms. The molecule has 3 heterocycles. The molecule has 1 fully saturated rings. The average Bonchev–Trinajstić information content (AvgIpc) is 2.68. The molecule has 1 N–H and O–H groups in total. The topological polar surface area (TPSA) is 44.3 Å². The first kappa shape index (κ1) is 16.7. The summed E-state index contributed by atoms with van der Waals surface area (Å²) in [5.41, 5.74) is 1.01. The Hall–Kier alpha value is -2.73. The molecule has 6 heteroatoms. The number of aromatic nitrogens is 2. The lowest BCUT2D eigenvalue weighted by molar-refractivity contribution is 0.266. The SMILES string of the molecule is Fc1cccc(N2CCN(CCNc3ccc4ccccc4n3)CC2)n1. The predicted octanol–water partition coefficient (Wildman–Crippen LogP) is 3.00. The van der Waals surface area contributed by atoms with Crippen molar-refractivity contribution in [2.45, 2.75) is 0 Å². The van der Waals surface area contributed by atoms with Crippen LogP contribution in [0.4, 0.5) is 16.0 Å². The lowest BCUT2D eigenvalue weighted by Gasteiger charge is -2.35. The van der Waals surface area contributed by atoms with Gasteiger partial charge in [-0.25, -0.2) is 9.97 Å². The number of piperazine rings is 1. The third kappa shape index (κ3) is 3.91. The number of para-hydroxylation sites is 1. The molecule has 134 valence electrons. The number of benzene rings is 1. The number of nitrogens with zero attached hydrogens (tertiary/aromatic N) is 4. The largest absolute Gasteiger partial charge is 0.369 e. The fourth-order valence-electron chi connectivity index (χ4n) is 3.28. The van der Waals surface area contributed by atoms with E-state index in [2.05, 4.69) is 37.2 Å². The van der Waals surface area contributed by atoms with Gasteiger partial charge in [-0.05, 0) is 30.3 Å². The summed E-state index contributed by atoms with van der Waals surface area (Å²) in [7, 11) is 0. The zero-order valence-corrected chi connectivity index (χ0v) is 14.6. The minimum atomic E-state index is -0.419. The zero-order chi connectivity index (χ0) is 17.8. The molecule has 0 aliphatic carbocycles. The Morgan fingerprint density at radius 3 is 2.58 bits per heavy atom. The van der Waals surface area contributed by atoms with Gasteiger partial charge in [-0.15, -0.1) is 0 Å². The van der Waals surface area contributed by atoms with Crippen molar-refractivity contribution in [3.05, 3.63) is 60.5 Å². The lowest BCUT2D eigenvalue weighted by atomic mass is 10.2. The van der Waals surface area contributed by atoms with E-state index in [1.807, 2.05) is 30.3 Å². The smallest absolute Gasteiger partial charge is 0.214 e. The van der Waals surface area contributed by atoms with Gasteiger partial charge in [0.15, 0.2) is 0 Å². The van der Waals surface area contributed by atoms with E-state index in [9.17, 15) is 4.39 Å². The van der Waals surface area contributed by atoms with Crippen LogP contribution in [-0.4, -0.2) is 54.1 Å². The van der Waals surface area contributed by atoms with E-state index < -0.39 is 5.95 Å². The first-order valence-corrected chi connectivity index (χ1v) is 8.97. The molecule has 4 rings (SSSR count). The van der Waals surface area contributed by atoms with E-state index in [1.54, 1.807) is 6.07 Å². The summed E-state index contributed by atoms with van der Waals surface area (Å²) in [4.78, 5) is 13.1. The molecule has 1 saturated heterocycles. The number of anilines is 2. The Labute approximate surface area is 152 Å². The first-order valence-electron chi connectivity index (χ1n) is 8.97. The van der Waals surface area contributed by atoms with Gasteiger partial charge >= 0.3 is 0 Å². The number of hydrogen-bond donors (Lipinski definition) is 1. The van der Waals surface area contributed by atoms with Gasteiger partial charge in [0.2, 0.25) is 5.95 Å². The zero-order valence-electron chi connectivity index (χ0n) is 14.6. The van der Waals surface area contributed by atoms with Crippen molar-refractivity contribution >= 4 is 22.5 Å². The van der Waals surface area contributed by atoms with Crippen LogP contribution >= 0.6 is 0 Å². The quantitative estimate of drug-likeness (QED) is 0.716. The Bertz CT molecular complexity index is 877. The average molecular weight is 351 g/mol. The van der Waals surface area contributed by atoms with Crippen LogP contribution < -0.4 is 10.2 Å². The maximum absolute atomic E-state index is 13.3. The van der Waals surface area contributed by atoms with Crippen LogP contribution in [-0.2, 0) is 0 Å². The van der Waals surface area contributed by atoms with Crippen LogP contribution in [0.5, 0.6) is 0 Å². The van der Waals surface area contributed by atoms with Gasteiger partial charge in [-0.1, -0.05) is 24.3 Å². The summed E-state index contributed by atoms with van der Waals surface area (Å²) >= 11 is 0. The normalized spacial score (nSPS) is 15.3. The van der Waals surface area contributed by atoms with Crippen molar-refractivity contribution in [3.63, 3.8) is 0 Å². The van der Waals surface area contributed by atoms with Crippen LogP contribution in [0.2, 0.25) is 0 Å². The van der Waals surface area contributed by atoms with Crippen molar-refractivity contribution in [3.8, 4) is 0 Å². The molecule has 0 unspecified atom stereocenters. The molecule has 1 aliphatic heterocycles. The van der Waals surface area contributed by atoms with Crippen LogP contribution in [0.15, 0.2) is 54.6 Å². The van der Waals surface area contributed by atoms with Crippen LogP contribution in [0.3, 0.4) is 0 Å². The fraction of sp³-hybridized carbons (Fsp3) is 0.300. The standard InChI is InChI=1S/C20H22FN5/c21-18-6-3-7-20(24-18)26-14-12-25(13-15-26)11-10-22-19-9-8-16-4-1-2-5-17(16)23-19/h1-9H,10-15H2,(H,22,23). The predicted molar refractivity (Wildman–Crippen MR) is 103 cm³/mol. The molecular formula is C20H22FN5. The van der Waals surface area contributed by atoms with Crippen molar-refractivity contribution in [1.82, 2.24) is 14.9 Å². The van der Waals surface area contributed by atoms with Gasteiger partial charge in [-0.3, -0.25) is 4.90 Å². The number of hydrogen-bond acceptors (Lipinski definition) is 5. The molecule has 5 nitrogen and oxygen atoms in total. The summed E-state index contributed by atoms with van der Waals surface area (Å²) in [6, 6.07) is 17.2. The molecule has 1 aromatic carbocycles. The highest BCUT2D eigenvalue weighted by Gasteiger charge is 2.17. The van der Waals surface area contributed by atoms with Crippen LogP contribution in [0.1, 0.15) is 0 Å². The summed E-state index contributed by atoms with van der Waals surface area (Å²) in [6.07, 6.45) is 0. The molecule has 0 radical (unpaired) electrons. The van der Waals surface area contributed by atoms with Gasteiger partial charge in [0, 0.05) is 44.7 Å². The molecule has 0 saturated carbocycles. The Kier molecular flexibility index (Phi) is 4.93. The van der Waals surface area contributed by atoms with E-state index in [4.69, 9.17) is 0 Å². The fourth-order valence-corrected chi connectivity index (χ4v) is 3.28. The van der Waals surface area contributed by atoms with Crippen LogP contribution in [0, 0.1) is 5.95 Å². The van der Waals surface area contributed by atoms with Gasteiger partial charge in [0.05, 0.1) is 5.52 Å². The summed E-state index contributed by atoms with van der Waals surface area (Å²) in [5.74, 6) is 1.21. The van der Waals surface area contributed by atoms with E-state index in [-0.39, 0.29) is 0 Å². The number of halogens is 1. The van der Waals surface area contributed by atoms with E-state index >= 15 is 0 Å². The van der Waals surface area contributed by atoms with Gasteiger partial charge < -0.3 is 10.2 Å². The van der Waals surface area contributed by atoms with Crippen molar-refractivity contribution in [1.29, 1.82) is 0 Å². The van der Waals surface area contributed by atoms with Crippen molar-refractivity contribution in [2.24, 2.45) is 0 Å². The minimum absolute atomic E-state index is 0.419. The Morgan fingerprint density at radius 1 is 0.885 bits per heavy atom. The highest BCUT2D eigenvalue weighted by Crippen LogP contribution is 2.15. The Morgan fingerprint density at radius 2 is 1.73 bits per heavy atom. The number of pyridine rings is 2. The third-order valence-electron chi connectivity index (χ3n) is 4.73. The molecule has 0 spiro atoms. The lowest BCUT2D eigenvalue weighted by Crippen LogP contribution is -2.48. The molecule has 26 heavy (non-hydrogen) atoms. The third-order valence-corrected chi connectivity index (χ3v) is 4.73. The summed E-state index contributed by atoms with van der Waals surface area (Å²) in [6.45, 7) is 5.44. The highest BCUT2D eigenvalue weighted by atomic mass is 19.1. The monoisotopic (exact) mass is 351 g/mol. The Balaban J connectivity index is 1.25. The maximum Gasteiger partial charge on any atom is 0.214 e. The van der Waals surface area contributed by atoms with E-state index in [0.29, 0.717) is 0 Å². The number of nitrogens with one attached hydrogen (secondary N) is 1. The second-order valence-corrected chi connectivity index (χ2v) is 6.46. The highest BCUT2D eigenvalue weighted by molar-refractivity contribution is 5.80. The number of fused-ring (bicyclic) bond motifs is 1. The summed E-state index contributed by atoms with van der Waals surface area (Å²) in [5, 5.41) is 4.56. The van der Waals surface area contributed by atoms with Gasteiger partial charge in [0.25, 0.3) is 0 Å². The van der Waals surface area contributed by atoms with Gasteiger partial charge in [-0.2, -0.15) is 4.39 Å². The second kappa shape index (κ2) is 7.66. The van der Waals surface area contributed by atoms with E-state index in [1.165, 1.54) is 6.07 Å². The number of rotatable bonds is 5. The molecule has 0 amide bonds. The molecular weight excluding hydrogens is 329 g/mol. The molecule has 3 aromatic rings. The minimum Gasteiger partial charge on any atom is -0.369 e. The van der Waals surface area contributed by atoms with E-state index in [0.717, 1.165) is 61.8 Å². The first-order chi connectivity index (χ1) is 12.8. The van der Waals surface area contributed by atoms with Crippen molar-refractivity contribution < 1.29 is 4.39 Å². The van der Waals surface area contributed by atoms with Crippen LogP contribution in [0.25, 0.3) is 10.9 Å². The molecule has 1 aliphatic rings. The van der Waals surface area contributed by atoms with Gasteiger partial charge in [0.1, 0.15) is 11.6 Å². The molecule has 0 atom stereocenters.